The summed E-state index contributed by atoms with van der Waals surface area (Å²) in [5.41, 5.74) is 0.648. The lowest BCUT2D eigenvalue weighted by atomic mass is 9.93. The van der Waals surface area contributed by atoms with E-state index in [2.05, 4.69) is 15.9 Å². The van der Waals surface area contributed by atoms with Crippen LogP contribution in [0.2, 0.25) is 0 Å². The molecular formula is C15H19BrClNO2. The minimum atomic E-state index is 0.00547. The summed E-state index contributed by atoms with van der Waals surface area (Å²) in [5, 5.41) is 0.0550. The van der Waals surface area contributed by atoms with E-state index in [9.17, 15) is 4.79 Å². The lowest BCUT2D eigenvalue weighted by Gasteiger charge is -2.35. The van der Waals surface area contributed by atoms with Crippen molar-refractivity contribution < 1.29 is 9.53 Å². The number of rotatable bonds is 3. The number of ether oxygens (including phenoxy) is 1. The predicted molar refractivity (Wildman–Crippen MR) is 84.7 cm³/mol. The number of methoxy groups -OCH3 is 1. The van der Waals surface area contributed by atoms with Crippen LogP contribution in [0.25, 0.3) is 0 Å². The Morgan fingerprint density at radius 2 is 2.10 bits per heavy atom. The molecule has 3 nitrogen and oxygen atoms in total. The van der Waals surface area contributed by atoms with Gasteiger partial charge in [0, 0.05) is 18.7 Å². The van der Waals surface area contributed by atoms with Crippen molar-refractivity contribution in [1.29, 1.82) is 0 Å². The summed E-state index contributed by atoms with van der Waals surface area (Å²) in [6, 6.07) is 5.50. The Morgan fingerprint density at radius 1 is 1.40 bits per heavy atom. The van der Waals surface area contributed by atoms with Gasteiger partial charge in [-0.05, 0) is 47.0 Å². The van der Waals surface area contributed by atoms with Crippen molar-refractivity contribution in [3.63, 3.8) is 0 Å². The van der Waals surface area contributed by atoms with E-state index < -0.39 is 0 Å². The van der Waals surface area contributed by atoms with Crippen molar-refractivity contribution >= 4 is 33.4 Å². The van der Waals surface area contributed by atoms with Crippen LogP contribution in [0.5, 0.6) is 5.75 Å². The van der Waals surface area contributed by atoms with Gasteiger partial charge in [-0.1, -0.05) is 12.8 Å². The molecule has 110 valence electrons. The maximum Gasteiger partial charge on any atom is 0.253 e. The summed E-state index contributed by atoms with van der Waals surface area (Å²) in [4.78, 5) is 14.3. The first-order valence-corrected chi connectivity index (χ1v) is 8.02. The first kappa shape index (κ1) is 15.6. The van der Waals surface area contributed by atoms with Crippen LogP contribution < -0.4 is 4.74 Å². The molecule has 0 radical (unpaired) electrons. The number of nitrogens with zero attached hydrogens (tertiary/aromatic N) is 1. The Kier molecular flexibility index (Phi) is 5.33. The summed E-state index contributed by atoms with van der Waals surface area (Å²) < 4.78 is 5.96. The van der Waals surface area contributed by atoms with Gasteiger partial charge in [-0.15, -0.1) is 11.6 Å². The average Bonchev–Trinajstić information content (AvgIpc) is 2.46. The molecule has 0 aliphatic heterocycles. The zero-order valence-corrected chi connectivity index (χ0v) is 14.1. The summed E-state index contributed by atoms with van der Waals surface area (Å²) in [7, 11) is 3.44. The summed E-state index contributed by atoms with van der Waals surface area (Å²) in [6.07, 6.45) is 4.25. The molecule has 2 rings (SSSR count). The molecule has 1 fully saturated rings. The zero-order valence-electron chi connectivity index (χ0n) is 11.7. The van der Waals surface area contributed by atoms with E-state index >= 15 is 0 Å². The van der Waals surface area contributed by atoms with E-state index in [0.29, 0.717) is 5.56 Å². The molecule has 0 aromatic heterocycles. The van der Waals surface area contributed by atoms with Crippen LogP contribution in [0.15, 0.2) is 22.7 Å². The normalized spacial score (nSPS) is 22.4. The maximum absolute atomic E-state index is 12.5. The molecular weight excluding hydrogens is 342 g/mol. The Morgan fingerprint density at radius 3 is 2.70 bits per heavy atom. The first-order valence-electron chi connectivity index (χ1n) is 6.79. The summed E-state index contributed by atoms with van der Waals surface area (Å²) in [6.45, 7) is 0. The molecule has 0 N–H and O–H groups in total. The van der Waals surface area contributed by atoms with Gasteiger partial charge in [0.25, 0.3) is 5.91 Å². The van der Waals surface area contributed by atoms with Gasteiger partial charge in [-0.2, -0.15) is 0 Å². The van der Waals surface area contributed by atoms with Crippen LogP contribution in [0.4, 0.5) is 0 Å². The third kappa shape index (κ3) is 3.29. The molecule has 0 saturated heterocycles. The second-order valence-electron chi connectivity index (χ2n) is 5.13. The Balaban J connectivity index is 2.15. The van der Waals surface area contributed by atoms with Crippen molar-refractivity contribution in [2.24, 2.45) is 0 Å². The molecule has 1 aliphatic rings. The molecule has 20 heavy (non-hydrogen) atoms. The topological polar surface area (TPSA) is 29.5 Å². The van der Waals surface area contributed by atoms with Gasteiger partial charge in [-0.3, -0.25) is 4.79 Å². The molecule has 0 heterocycles. The summed E-state index contributed by atoms with van der Waals surface area (Å²) in [5.74, 6) is 0.725. The molecule has 1 aromatic carbocycles. The van der Waals surface area contributed by atoms with Crippen LogP contribution in [-0.4, -0.2) is 36.4 Å². The van der Waals surface area contributed by atoms with Gasteiger partial charge in [-0.25, -0.2) is 0 Å². The minimum absolute atomic E-state index is 0.00547. The fraction of sp³-hybridized carbons (Fsp3) is 0.533. The molecule has 0 bridgehead atoms. The SMILES string of the molecule is COc1ccc(C(=O)N(C)C2CCCCC2Cl)cc1Br. The highest BCUT2D eigenvalue weighted by molar-refractivity contribution is 9.10. The smallest absolute Gasteiger partial charge is 0.253 e. The Labute approximate surface area is 133 Å². The Hall–Kier alpha value is -0.740. The standard InChI is InChI=1S/C15H19BrClNO2/c1-18(13-6-4-3-5-12(13)17)15(19)10-7-8-14(20-2)11(16)9-10/h7-9,12-13H,3-6H2,1-2H3. The van der Waals surface area contributed by atoms with Crippen LogP contribution >= 0.6 is 27.5 Å². The second kappa shape index (κ2) is 6.81. The van der Waals surface area contributed by atoms with Crippen molar-refractivity contribution in [2.75, 3.05) is 14.2 Å². The van der Waals surface area contributed by atoms with Gasteiger partial charge >= 0.3 is 0 Å². The fourth-order valence-electron chi connectivity index (χ4n) is 2.66. The van der Waals surface area contributed by atoms with Crippen molar-refractivity contribution in [2.45, 2.75) is 37.1 Å². The third-order valence-corrected chi connectivity index (χ3v) is 4.99. The number of hydrogen-bond acceptors (Lipinski definition) is 2. The molecule has 1 aliphatic carbocycles. The molecule has 1 aromatic rings. The zero-order chi connectivity index (χ0) is 14.7. The lowest BCUT2D eigenvalue weighted by Crippen LogP contribution is -2.44. The maximum atomic E-state index is 12.5. The number of alkyl halides is 1. The van der Waals surface area contributed by atoms with Gasteiger partial charge in [0.1, 0.15) is 5.75 Å². The average molecular weight is 361 g/mol. The van der Waals surface area contributed by atoms with E-state index in [1.807, 2.05) is 7.05 Å². The van der Waals surface area contributed by atoms with Crippen LogP contribution in [0.1, 0.15) is 36.0 Å². The van der Waals surface area contributed by atoms with Gasteiger partial charge in [0.15, 0.2) is 0 Å². The summed E-state index contributed by atoms with van der Waals surface area (Å²) >= 11 is 9.78. The Bertz CT molecular complexity index is 495. The molecule has 1 amide bonds. The van der Waals surface area contributed by atoms with Crippen LogP contribution in [-0.2, 0) is 0 Å². The fourth-order valence-corrected chi connectivity index (χ4v) is 3.65. The number of carbonyl (C=O) groups is 1. The second-order valence-corrected chi connectivity index (χ2v) is 6.55. The van der Waals surface area contributed by atoms with Crippen molar-refractivity contribution in [3.05, 3.63) is 28.2 Å². The highest BCUT2D eigenvalue weighted by Gasteiger charge is 2.30. The first-order chi connectivity index (χ1) is 9.54. The van der Waals surface area contributed by atoms with Gasteiger partial charge in [0.2, 0.25) is 0 Å². The highest BCUT2D eigenvalue weighted by atomic mass is 79.9. The number of carbonyl (C=O) groups excluding carboxylic acids is 1. The number of hydrogen-bond donors (Lipinski definition) is 0. The largest absolute Gasteiger partial charge is 0.496 e. The number of benzene rings is 1. The molecule has 5 heteroatoms. The monoisotopic (exact) mass is 359 g/mol. The molecule has 0 spiro atoms. The predicted octanol–water partition coefficient (Wildman–Crippen LogP) is 4.08. The number of halogens is 2. The van der Waals surface area contributed by atoms with E-state index in [4.69, 9.17) is 16.3 Å². The van der Waals surface area contributed by atoms with E-state index in [-0.39, 0.29) is 17.3 Å². The van der Waals surface area contributed by atoms with Crippen molar-refractivity contribution in [3.8, 4) is 5.75 Å². The van der Waals surface area contributed by atoms with E-state index in [1.165, 1.54) is 0 Å². The molecule has 1 saturated carbocycles. The lowest BCUT2D eigenvalue weighted by molar-refractivity contribution is 0.0700. The van der Waals surface area contributed by atoms with Gasteiger partial charge in [0.05, 0.1) is 17.0 Å². The third-order valence-electron chi connectivity index (χ3n) is 3.86. The molecule has 2 unspecified atom stereocenters. The highest BCUT2D eigenvalue weighted by Crippen LogP contribution is 2.29. The van der Waals surface area contributed by atoms with E-state index in [1.54, 1.807) is 30.2 Å². The van der Waals surface area contributed by atoms with Crippen LogP contribution in [0, 0.1) is 0 Å². The van der Waals surface area contributed by atoms with Gasteiger partial charge < -0.3 is 9.64 Å². The molecule has 2 atom stereocenters. The minimum Gasteiger partial charge on any atom is -0.496 e. The quantitative estimate of drug-likeness (QED) is 0.760. The van der Waals surface area contributed by atoms with E-state index in [0.717, 1.165) is 35.9 Å². The van der Waals surface area contributed by atoms with Crippen molar-refractivity contribution in [1.82, 2.24) is 4.90 Å². The number of amides is 1. The van der Waals surface area contributed by atoms with Crippen LogP contribution in [0.3, 0.4) is 0 Å².